The van der Waals surface area contributed by atoms with Crippen LogP contribution < -0.4 is 0 Å². The molecule has 0 radical (unpaired) electrons. The van der Waals surface area contributed by atoms with E-state index in [9.17, 15) is 4.79 Å². The zero-order valence-corrected chi connectivity index (χ0v) is 7.96. The van der Waals surface area contributed by atoms with E-state index >= 15 is 0 Å². The fraction of sp³-hybridized carbons (Fsp3) is 0.750. The largest absolute Gasteiger partial charge is 0.295 e. The quantitative estimate of drug-likeness (QED) is 0.554. The molecule has 3 rings (SSSR count). The Hall–Kier alpha value is -0.590. The minimum atomic E-state index is 0.396. The Morgan fingerprint density at radius 3 is 3.23 bits per heavy atom. The molecule has 0 aliphatic heterocycles. The maximum absolute atomic E-state index is 11.5. The molecule has 1 heteroatoms. The van der Waals surface area contributed by atoms with Crippen LogP contribution >= 0.6 is 0 Å². The Labute approximate surface area is 79.2 Å². The molecule has 2 fully saturated rings. The number of hydrogen-bond acceptors (Lipinski definition) is 1. The van der Waals surface area contributed by atoms with Crippen molar-refractivity contribution in [3.05, 3.63) is 12.2 Å². The average Bonchev–Trinajstić information content (AvgIpc) is 2.47. The third-order valence-electron chi connectivity index (χ3n) is 4.44. The van der Waals surface area contributed by atoms with E-state index < -0.39 is 0 Å². The van der Waals surface area contributed by atoms with Gasteiger partial charge in [0.1, 0.15) is 0 Å². The minimum Gasteiger partial charge on any atom is -0.295 e. The Balaban J connectivity index is 1.99. The normalized spacial score (nSPS) is 47.8. The molecule has 3 atom stereocenters. The highest BCUT2D eigenvalue weighted by molar-refractivity contribution is 5.93. The summed E-state index contributed by atoms with van der Waals surface area (Å²) in [4.78, 5) is 11.5. The third-order valence-corrected chi connectivity index (χ3v) is 4.44. The third kappa shape index (κ3) is 0.962. The highest BCUT2D eigenvalue weighted by atomic mass is 16.1. The maximum atomic E-state index is 11.5. The van der Waals surface area contributed by atoms with E-state index in [1.807, 2.05) is 6.08 Å². The van der Waals surface area contributed by atoms with Crippen LogP contribution in [0.4, 0.5) is 0 Å². The number of fused-ring (bicyclic) bond motifs is 1. The van der Waals surface area contributed by atoms with E-state index in [1.165, 1.54) is 38.5 Å². The smallest absolute Gasteiger partial charge is 0.158 e. The molecule has 3 aliphatic rings. The Morgan fingerprint density at radius 2 is 2.31 bits per heavy atom. The van der Waals surface area contributed by atoms with Crippen molar-refractivity contribution in [1.29, 1.82) is 0 Å². The molecule has 0 heterocycles. The molecule has 2 saturated carbocycles. The van der Waals surface area contributed by atoms with Gasteiger partial charge in [-0.05, 0) is 43.1 Å². The second-order valence-corrected chi connectivity index (χ2v) is 5.05. The van der Waals surface area contributed by atoms with Crippen LogP contribution in [0.5, 0.6) is 0 Å². The molecular formula is C12H16O. The first-order chi connectivity index (χ1) is 6.30. The van der Waals surface area contributed by atoms with Gasteiger partial charge in [-0.3, -0.25) is 4.79 Å². The SMILES string of the molecule is O=C1C=C[C@@]23CCCC[C@H]2CC1C3. The van der Waals surface area contributed by atoms with Gasteiger partial charge in [0.2, 0.25) is 0 Å². The van der Waals surface area contributed by atoms with Crippen LogP contribution in [0.3, 0.4) is 0 Å². The molecule has 0 aromatic heterocycles. The van der Waals surface area contributed by atoms with Gasteiger partial charge in [-0.2, -0.15) is 0 Å². The van der Waals surface area contributed by atoms with Crippen molar-refractivity contribution in [3.8, 4) is 0 Å². The van der Waals surface area contributed by atoms with Crippen molar-refractivity contribution < 1.29 is 4.79 Å². The van der Waals surface area contributed by atoms with Gasteiger partial charge in [0.15, 0.2) is 5.78 Å². The summed E-state index contributed by atoms with van der Waals surface area (Å²) in [7, 11) is 0. The predicted molar refractivity (Wildman–Crippen MR) is 51.3 cm³/mol. The molecule has 0 saturated heterocycles. The van der Waals surface area contributed by atoms with Gasteiger partial charge in [-0.1, -0.05) is 18.9 Å². The standard InChI is InChI=1S/C12H16O/c13-11-4-6-12-5-2-1-3-10(12)7-9(11)8-12/h4,6,9-10H,1-3,5,7-8H2/t9?,10-,12+/m0/s1. The van der Waals surface area contributed by atoms with Crippen LogP contribution in [0.25, 0.3) is 0 Å². The molecule has 70 valence electrons. The zero-order chi connectivity index (χ0) is 8.89. The van der Waals surface area contributed by atoms with Gasteiger partial charge < -0.3 is 0 Å². The summed E-state index contributed by atoms with van der Waals surface area (Å²) >= 11 is 0. The van der Waals surface area contributed by atoms with Crippen molar-refractivity contribution in [2.45, 2.75) is 38.5 Å². The van der Waals surface area contributed by atoms with Crippen molar-refractivity contribution in [3.63, 3.8) is 0 Å². The van der Waals surface area contributed by atoms with Crippen molar-refractivity contribution in [1.82, 2.24) is 0 Å². The summed E-state index contributed by atoms with van der Waals surface area (Å²) in [5.74, 6) is 1.64. The number of carbonyl (C=O) groups excluding carboxylic acids is 1. The first kappa shape index (κ1) is 7.78. The van der Waals surface area contributed by atoms with E-state index in [0.29, 0.717) is 17.1 Å². The summed E-state index contributed by atoms with van der Waals surface area (Å²) in [6.07, 6.45) is 12.0. The molecule has 13 heavy (non-hydrogen) atoms. The molecular weight excluding hydrogens is 160 g/mol. The monoisotopic (exact) mass is 176 g/mol. The molecule has 0 aromatic carbocycles. The van der Waals surface area contributed by atoms with Gasteiger partial charge in [-0.15, -0.1) is 0 Å². The van der Waals surface area contributed by atoms with Crippen molar-refractivity contribution in [2.75, 3.05) is 0 Å². The second-order valence-electron chi connectivity index (χ2n) is 5.05. The molecule has 2 bridgehead atoms. The Bertz CT molecular complexity index is 279. The second kappa shape index (κ2) is 2.46. The van der Waals surface area contributed by atoms with Crippen LogP contribution in [0.15, 0.2) is 12.2 Å². The topological polar surface area (TPSA) is 17.1 Å². The molecule has 1 spiro atoms. The number of rotatable bonds is 0. The summed E-state index contributed by atoms with van der Waals surface area (Å²) in [6, 6.07) is 0. The van der Waals surface area contributed by atoms with E-state index in [2.05, 4.69) is 6.08 Å². The zero-order valence-electron chi connectivity index (χ0n) is 7.96. The molecule has 0 N–H and O–H groups in total. The lowest BCUT2D eigenvalue weighted by atomic mass is 9.67. The summed E-state index contributed by atoms with van der Waals surface area (Å²) in [5.41, 5.74) is 0.469. The van der Waals surface area contributed by atoms with E-state index in [4.69, 9.17) is 0 Å². The van der Waals surface area contributed by atoms with Gasteiger partial charge in [0.05, 0.1) is 0 Å². The van der Waals surface area contributed by atoms with E-state index in [-0.39, 0.29) is 0 Å². The fourth-order valence-corrected chi connectivity index (χ4v) is 3.73. The van der Waals surface area contributed by atoms with Gasteiger partial charge >= 0.3 is 0 Å². The lowest BCUT2D eigenvalue weighted by molar-refractivity contribution is -0.118. The van der Waals surface area contributed by atoms with Crippen molar-refractivity contribution in [2.24, 2.45) is 17.3 Å². The number of hydrogen-bond donors (Lipinski definition) is 0. The summed E-state index contributed by atoms with van der Waals surface area (Å²) < 4.78 is 0. The van der Waals surface area contributed by atoms with Crippen LogP contribution in [-0.4, -0.2) is 5.78 Å². The molecule has 1 unspecified atom stereocenters. The van der Waals surface area contributed by atoms with E-state index in [1.54, 1.807) is 0 Å². The lowest BCUT2D eigenvalue weighted by Gasteiger charge is -2.37. The number of ketones is 1. The van der Waals surface area contributed by atoms with Crippen LogP contribution in [0, 0.1) is 17.3 Å². The number of allylic oxidation sites excluding steroid dienone is 2. The van der Waals surface area contributed by atoms with Crippen LogP contribution in [0.1, 0.15) is 38.5 Å². The summed E-state index contributed by atoms with van der Waals surface area (Å²) in [5, 5.41) is 0. The predicted octanol–water partition coefficient (Wildman–Crippen LogP) is 2.71. The van der Waals surface area contributed by atoms with E-state index in [0.717, 1.165) is 5.92 Å². The van der Waals surface area contributed by atoms with Gasteiger partial charge in [-0.25, -0.2) is 0 Å². The van der Waals surface area contributed by atoms with Gasteiger partial charge in [0.25, 0.3) is 0 Å². The number of carbonyl (C=O) groups is 1. The lowest BCUT2D eigenvalue weighted by Crippen LogP contribution is -2.28. The molecule has 0 aromatic rings. The minimum absolute atomic E-state index is 0.396. The highest BCUT2D eigenvalue weighted by Gasteiger charge is 2.50. The van der Waals surface area contributed by atoms with Crippen LogP contribution in [0.2, 0.25) is 0 Å². The molecule has 3 aliphatic carbocycles. The highest BCUT2D eigenvalue weighted by Crippen LogP contribution is 2.57. The Morgan fingerprint density at radius 1 is 1.38 bits per heavy atom. The first-order valence-corrected chi connectivity index (χ1v) is 5.53. The Kier molecular flexibility index (Phi) is 1.47. The average molecular weight is 176 g/mol. The first-order valence-electron chi connectivity index (χ1n) is 5.53. The summed E-state index contributed by atoms with van der Waals surface area (Å²) in [6.45, 7) is 0. The van der Waals surface area contributed by atoms with Crippen molar-refractivity contribution >= 4 is 5.78 Å². The van der Waals surface area contributed by atoms with Crippen LogP contribution in [-0.2, 0) is 4.79 Å². The van der Waals surface area contributed by atoms with Gasteiger partial charge in [0, 0.05) is 5.92 Å². The maximum Gasteiger partial charge on any atom is 0.158 e. The molecule has 0 amide bonds. The molecule has 1 nitrogen and oxygen atoms in total. The fourth-order valence-electron chi connectivity index (χ4n) is 3.73.